The van der Waals surface area contributed by atoms with Crippen molar-refractivity contribution < 1.29 is 0 Å². The molecular formula is C11H14N4. The number of hydrogen-bond donors (Lipinski definition) is 2. The number of nitrogens with two attached hydrogens (primary N) is 2. The fraction of sp³-hybridized carbons (Fsp3) is 0.182. The Bertz CT molecular complexity index is 434. The van der Waals surface area contributed by atoms with E-state index < -0.39 is 0 Å². The third-order valence-corrected chi connectivity index (χ3v) is 2.34. The van der Waals surface area contributed by atoms with Gasteiger partial charge in [0, 0.05) is 30.3 Å². The Balaban J connectivity index is 2.07. The fourth-order valence-corrected chi connectivity index (χ4v) is 1.51. The molecule has 0 aliphatic rings. The number of anilines is 2. The van der Waals surface area contributed by atoms with Crippen molar-refractivity contribution >= 4 is 11.4 Å². The molecule has 4 N–H and O–H groups in total. The van der Waals surface area contributed by atoms with Crippen LogP contribution in [0.15, 0.2) is 36.7 Å². The summed E-state index contributed by atoms with van der Waals surface area (Å²) in [5, 5.41) is 4.13. The van der Waals surface area contributed by atoms with Gasteiger partial charge in [0.05, 0.1) is 0 Å². The van der Waals surface area contributed by atoms with Crippen LogP contribution in [0.2, 0.25) is 0 Å². The summed E-state index contributed by atoms with van der Waals surface area (Å²) in [7, 11) is 0. The van der Waals surface area contributed by atoms with Crippen molar-refractivity contribution in [1.82, 2.24) is 9.78 Å². The number of nitrogen functional groups attached to an aromatic ring is 2. The lowest BCUT2D eigenvalue weighted by Gasteiger charge is -2.06. The Labute approximate surface area is 88.5 Å². The number of benzene rings is 1. The average molecular weight is 202 g/mol. The van der Waals surface area contributed by atoms with Crippen molar-refractivity contribution in [3.8, 4) is 0 Å². The van der Waals surface area contributed by atoms with Crippen molar-refractivity contribution in [1.29, 1.82) is 0 Å². The summed E-state index contributed by atoms with van der Waals surface area (Å²) in [5.74, 6) is 0. The van der Waals surface area contributed by atoms with Crippen LogP contribution in [-0.2, 0) is 13.0 Å². The van der Waals surface area contributed by atoms with Crippen LogP contribution in [0, 0.1) is 0 Å². The molecule has 0 saturated carbocycles. The minimum Gasteiger partial charge on any atom is -0.399 e. The molecule has 2 aromatic rings. The summed E-state index contributed by atoms with van der Waals surface area (Å²) in [6.07, 6.45) is 4.55. The molecule has 0 amide bonds. The van der Waals surface area contributed by atoms with Crippen LogP contribution in [0.1, 0.15) is 5.56 Å². The van der Waals surface area contributed by atoms with Crippen LogP contribution in [0.5, 0.6) is 0 Å². The third kappa shape index (κ3) is 2.28. The minimum atomic E-state index is 0.750. The second kappa shape index (κ2) is 4.04. The molecule has 1 heterocycles. The normalized spacial score (nSPS) is 10.4. The maximum atomic E-state index is 5.84. The molecule has 0 radical (unpaired) electrons. The van der Waals surface area contributed by atoms with E-state index in [2.05, 4.69) is 5.10 Å². The Morgan fingerprint density at radius 1 is 1.27 bits per heavy atom. The molecule has 0 bridgehead atoms. The summed E-state index contributed by atoms with van der Waals surface area (Å²) in [6, 6.07) is 7.47. The Morgan fingerprint density at radius 3 is 2.87 bits per heavy atom. The van der Waals surface area contributed by atoms with Crippen molar-refractivity contribution in [3.05, 3.63) is 42.2 Å². The van der Waals surface area contributed by atoms with E-state index in [0.717, 1.165) is 29.9 Å². The molecule has 4 heteroatoms. The first kappa shape index (κ1) is 9.58. The molecule has 0 aliphatic carbocycles. The number of hydrogen-bond acceptors (Lipinski definition) is 3. The van der Waals surface area contributed by atoms with Gasteiger partial charge in [-0.25, -0.2) is 0 Å². The highest BCUT2D eigenvalue weighted by atomic mass is 15.3. The first-order valence-electron chi connectivity index (χ1n) is 4.87. The van der Waals surface area contributed by atoms with Crippen LogP contribution in [0.3, 0.4) is 0 Å². The molecule has 0 atom stereocenters. The Morgan fingerprint density at radius 2 is 2.13 bits per heavy atom. The quantitative estimate of drug-likeness (QED) is 0.737. The molecule has 0 unspecified atom stereocenters. The largest absolute Gasteiger partial charge is 0.399 e. The molecule has 4 nitrogen and oxygen atoms in total. The van der Waals surface area contributed by atoms with Gasteiger partial charge in [-0.1, -0.05) is 0 Å². The van der Waals surface area contributed by atoms with Gasteiger partial charge in [0.1, 0.15) is 0 Å². The summed E-state index contributed by atoms with van der Waals surface area (Å²) in [4.78, 5) is 0. The molecule has 0 spiro atoms. The Kier molecular flexibility index (Phi) is 2.58. The number of aromatic nitrogens is 2. The monoisotopic (exact) mass is 202 g/mol. The first-order chi connectivity index (χ1) is 7.25. The van der Waals surface area contributed by atoms with Gasteiger partial charge in [-0.2, -0.15) is 5.10 Å². The Hall–Kier alpha value is -1.97. The minimum absolute atomic E-state index is 0.750. The van der Waals surface area contributed by atoms with Gasteiger partial charge in [0.15, 0.2) is 0 Å². The molecule has 2 rings (SSSR count). The van der Waals surface area contributed by atoms with Crippen molar-refractivity contribution in [2.45, 2.75) is 13.0 Å². The fourth-order valence-electron chi connectivity index (χ4n) is 1.51. The van der Waals surface area contributed by atoms with Crippen LogP contribution in [-0.4, -0.2) is 9.78 Å². The first-order valence-corrected chi connectivity index (χ1v) is 4.87. The molecule has 0 aliphatic heterocycles. The second-order valence-electron chi connectivity index (χ2n) is 3.48. The van der Waals surface area contributed by atoms with E-state index >= 15 is 0 Å². The van der Waals surface area contributed by atoms with E-state index in [0.29, 0.717) is 0 Å². The summed E-state index contributed by atoms with van der Waals surface area (Å²) in [6.45, 7) is 0.820. The summed E-state index contributed by atoms with van der Waals surface area (Å²) in [5.41, 5.74) is 14.2. The van der Waals surface area contributed by atoms with E-state index in [-0.39, 0.29) is 0 Å². The van der Waals surface area contributed by atoms with E-state index in [4.69, 9.17) is 11.5 Å². The van der Waals surface area contributed by atoms with E-state index in [1.165, 1.54) is 0 Å². The summed E-state index contributed by atoms with van der Waals surface area (Å²) < 4.78 is 1.88. The van der Waals surface area contributed by atoms with Gasteiger partial charge < -0.3 is 11.5 Å². The van der Waals surface area contributed by atoms with Gasteiger partial charge in [0.2, 0.25) is 0 Å². The molecule has 1 aromatic heterocycles. The van der Waals surface area contributed by atoms with Crippen LogP contribution in [0.25, 0.3) is 0 Å². The van der Waals surface area contributed by atoms with Crippen molar-refractivity contribution in [3.63, 3.8) is 0 Å². The number of aryl methyl sites for hydroxylation is 2. The predicted molar refractivity (Wildman–Crippen MR) is 61.2 cm³/mol. The lowest BCUT2D eigenvalue weighted by atomic mass is 10.1. The zero-order valence-electron chi connectivity index (χ0n) is 8.43. The van der Waals surface area contributed by atoms with Crippen molar-refractivity contribution in [2.24, 2.45) is 0 Å². The van der Waals surface area contributed by atoms with E-state index in [1.54, 1.807) is 6.20 Å². The second-order valence-corrected chi connectivity index (χ2v) is 3.48. The standard InChI is InChI=1S/C11H14N4/c12-10-2-3-11(13)9(8-10)4-7-15-6-1-5-14-15/h1-3,5-6,8H,4,7,12-13H2. The molecule has 0 fully saturated rings. The lowest BCUT2D eigenvalue weighted by Crippen LogP contribution is -2.04. The summed E-state index contributed by atoms with van der Waals surface area (Å²) >= 11 is 0. The van der Waals surface area contributed by atoms with Crippen LogP contribution in [0.4, 0.5) is 11.4 Å². The smallest absolute Gasteiger partial charge is 0.0489 e. The van der Waals surface area contributed by atoms with Gasteiger partial charge in [-0.15, -0.1) is 0 Å². The van der Waals surface area contributed by atoms with Gasteiger partial charge in [0.25, 0.3) is 0 Å². The number of nitrogens with zero attached hydrogens (tertiary/aromatic N) is 2. The number of rotatable bonds is 3. The maximum absolute atomic E-state index is 5.84. The molecular weight excluding hydrogens is 188 g/mol. The van der Waals surface area contributed by atoms with E-state index in [9.17, 15) is 0 Å². The molecule has 78 valence electrons. The highest BCUT2D eigenvalue weighted by Gasteiger charge is 2.00. The maximum Gasteiger partial charge on any atom is 0.0489 e. The van der Waals surface area contributed by atoms with Gasteiger partial charge in [-0.3, -0.25) is 4.68 Å². The van der Waals surface area contributed by atoms with Crippen LogP contribution >= 0.6 is 0 Å². The van der Waals surface area contributed by atoms with Crippen LogP contribution < -0.4 is 11.5 Å². The zero-order valence-corrected chi connectivity index (χ0v) is 8.43. The van der Waals surface area contributed by atoms with Crippen molar-refractivity contribution in [2.75, 3.05) is 11.5 Å². The molecule has 15 heavy (non-hydrogen) atoms. The topological polar surface area (TPSA) is 69.9 Å². The predicted octanol–water partition coefficient (Wildman–Crippen LogP) is 1.29. The highest BCUT2D eigenvalue weighted by molar-refractivity contribution is 5.55. The van der Waals surface area contributed by atoms with Gasteiger partial charge >= 0.3 is 0 Å². The SMILES string of the molecule is Nc1ccc(N)c(CCn2cccn2)c1. The molecule has 1 aromatic carbocycles. The lowest BCUT2D eigenvalue weighted by molar-refractivity contribution is 0.615. The third-order valence-electron chi connectivity index (χ3n) is 2.34. The average Bonchev–Trinajstić information content (AvgIpc) is 2.72. The molecule has 0 saturated heterocycles. The zero-order chi connectivity index (χ0) is 10.7. The van der Waals surface area contributed by atoms with E-state index in [1.807, 2.05) is 35.1 Å². The van der Waals surface area contributed by atoms with Gasteiger partial charge in [-0.05, 0) is 36.2 Å². The highest BCUT2D eigenvalue weighted by Crippen LogP contribution is 2.16.